The van der Waals surface area contributed by atoms with Crippen molar-refractivity contribution in [3.8, 4) is 11.5 Å². The molecule has 0 saturated heterocycles. The molecular formula is C18H21N3O4. The molecule has 2 unspecified atom stereocenters. The number of ether oxygens (including phenoxy) is 2. The van der Waals surface area contributed by atoms with Crippen LogP contribution in [0.15, 0.2) is 42.2 Å². The zero-order valence-corrected chi connectivity index (χ0v) is 14.2. The number of fused-ring (bicyclic) bond motifs is 1. The first-order valence-corrected chi connectivity index (χ1v) is 8.15. The van der Waals surface area contributed by atoms with E-state index < -0.39 is 6.04 Å². The molecule has 2 aliphatic heterocycles. The van der Waals surface area contributed by atoms with E-state index in [1.165, 1.54) is 0 Å². The van der Waals surface area contributed by atoms with E-state index in [0.29, 0.717) is 29.1 Å². The predicted molar refractivity (Wildman–Crippen MR) is 92.1 cm³/mol. The number of nitrogens with one attached hydrogen (secondary N) is 3. The molecular weight excluding hydrogens is 322 g/mol. The van der Waals surface area contributed by atoms with Gasteiger partial charge in [-0.25, -0.2) is 0 Å². The van der Waals surface area contributed by atoms with Crippen LogP contribution in [0.2, 0.25) is 0 Å². The molecule has 2 aliphatic rings. The number of hydrogen-bond acceptors (Lipinski definition) is 6. The van der Waals surface area contributed by atoms with Crippen molar-refractivity contribution in [3.05, 3.63) is 47.8 Å². The summed E-state index contributed by atoms with van der Waals surface area (Å²) in [6.45, 7) is 3.73. The Bertz CT molecular complexity index is 742. The minimum Gasteiger partial charge on any atom is -0.454 e. The summed E-state index contributed by atoms with van der Waals surface area (Å²) >= 11 is 0. The number of ketones is 1. The summed E-state index contributed by atoms with van der Waals surface area (Å²) in [6.07, 6.45) is 5.55. The molecule has 1 aromatic rings. The number of benzene rings is 1. The highest BCUT2D eigenvalue weighted by Crippen LogP contribution is 2.32. The smallest absolute Gasteiger partial charge is 0.250 e. The first-order valence-electron chi connectivity index (χ1n) is 8.15. The molecule has 1 amide bonds. The van der Waals surface area contributed by atoms with Crippen molar-refractivity contribution >= 4 is 11.7 Å². The summed E-state index contributed by atoms with van der Waals surface area (Å²) in [5.41, 5.74) is 1.18. The molecule has 7 nitrogen and oxygen atoms in total. The highest BCUT2D eigenvalue weighted by atomic mass is 16.7. The first kappa shape index (κ1) is 17.0. The zero-order chi connectivity index (χ0) is 17.8. The third kappa shape index (κ3) is 4.00. The Balaban J connectivity index is 1.55. The lowest BCUT2D eigenvalue weighted by molar-refractivity contribution is -0.118. The second-order valence-corrected chi connectivity index (χ2v) is 5.96. The van der Waals surface area contributed by atoms with Crippen molar-refractivity contribution < 1.29 is 19.1 Å². The van der Waals surface area contributed by atoms with Crippen LogP contribution in [0, 0.1) is 0 Å². The van der Waals surface area contributed by atoms with Gasteiger partial charge < -0.3 is 20.1 Å². The highest BCUT2D eigenvalue weighted by Gasteiger charge is 2.22. The molecule has 3 rings (SSSR count). The fraction of sp³-hybridized carbons (Fsp3) is 0.333. The number of hydrogen-bond donors (Lipinski definition) is 3. The lowest BCUT2D eigenvalue weighted by Crippen LogP contribution is -2.49. The molecule has 0 radical (unpaired) electrons. The lowest BCUT2D eigenvalue weighted by atomic mass is 10.0. The summed E-state index contributed by atoms with van der Waals surface area (Å²) in [5.74, 6) is 0.964. The molecule has 0 saturated carbocycles. The normalized spacial score (nSPS) is 17.3. The van der Waals surface area contributed by atoms with Gasteiger partial charge in [-0.2, -0.15) is 0 Å². The molecule has 3 N–H and O–H groups in total. The SMILES string of the molecule is CC(NC(=O)C1=CNC=CC1)NC(C)C(=O)c1ccc2c(c1)OCO2. The number of allylic oxidation sites excluding steroid dienone is 1. The minimum atomic E-state index is -0.464. The summed E-state index contributed by atoms with van der Waals surface area (Å²) in [7, 11) is 0. The largest absolute Gasteiger partial charge is 0.454 e. The minimum absolute atomic E-state index is 0.0825. The number of rotatable bonds is 6. The van der Waals surface area contributed by atoms with Crippen LogP contribution < -0.4 is 25.4 Å². The van der Waals surface area contributed by atoms with E-state index in [9.17, 15) is 9.59 Å². The Morgan fingerprint density at radius 1 is 1.20 bits per heavy atom. The van der Waals surface area contributed by atoms with E-state index >= 15 is 0 Å². The monoisotopic (exact) mass is 343 g/mol. The molecule has 0 aromatic heterocycles. The lowest BCUT2D eigenvalue weighted by Gasteiger charge is -2.21. The van der Waals surface area contributed by atoms with Crippen LogP contribution in [0.3, 0.4) is 0 Å². The number of dihydropyridines is 1. The predicted octanol–water partition coefficient (Wildman–Crippen LogP) is 1.43. The highest BCUT2D eigenvalue weighted by molar-refractivity contribution is 6.00. The molecule has 1 aromatic carbocycles. The van der Waals surface area contributed by atoms with E-state index in [1.807, 2.05) is 6.08 Å². The molecule has 132 valence electrons. The third-order valence-corrected chi connectivity index (χ3v) is 4.00. The van der Waals surface area contributed by atoms with Crippen molar-refractivity contribution in [2.45, 2.75) is 32.5 Å². The summed E-state index contributed by atoms with van der Waals surface area (Å²) < 4.78 is 10.5. The van der Waals surface area contributed by atoms with Gasteiger partial charge in [0.1, 0.15) is 0 Å². The Morgan fingerprint density at radius 3 is 2.76 bits per heavy atom. The molecule has 2 heterocycles. The van der Waals surface area contributed by atoms with Gasteiger partial charge in [0.2, 0.25) is 12.7 Å². The Hall–Kier alpha value is -2.80. The van der Waals surface area contributed by atoms with Gasteiger partial charge in [-0.05, 0) is 44.7 Å². The fourth-order valence-electron chi connectivity index (χ4n) is 2.70. The van der Waals surface area contributed by atoms with Crippen LogP contribution in [0.25, 0.3) is 0 Å². The van der Waals surface area contributed by atoms with Crippen molar-refractivity contribution in [2.75, 3.05) is 6.79 Å². The van der Waals surface area contributed by atoms with Gasteiger partial charge in [0.05, 0.1) is 12.2 Å². The maximum absolute atomic E-state index is 12.6. The van der Waals surface area contributed by atoms with Crippen LogP contribution in [0.4, 0.5) is 0 Å². The zero-order valence-electron chi connectivity index (χ0n) is 14.2. The Labute approximate surface area is 146 Å². The average Bonchev–Trinajstić information content (AvgIpc) is 3.09. The molecule has 25 heavy (non-hydrogen) atoms. The van der Waals surface area contributed by atoms with Gasteiger partial charge >= 0.3 is 0 Å². The van der Waals surface area contributed by atoms with E-state index in [2.05, 4.69) is 16.0 Å². The van der Waals surface area contributed by atoms with Crippen LogP contribution in [-0.4, -0.2) is 30.7 Å². The van der Waals surface area contributed by atoms with Crippen molar-refractivity contribution in [2.24, 2.45) is 0 Å². The van der Waals surface area contributed by atoms with Gasteiger partial charge in [0.25, 0.3) is 0 Å². The van der Waals surface area contributed by atoms with Crippen molar-refractivity contribution in [1.82, 2.24) is 16.0 Å². The van der Waals surface area contributed by atoms with E-state index in [-0.39, 0.29) is 24.6 Å². The van der Waals surface area contributed by atoms with Gasteiger partial charge in [0.15, 0.2) is 17.3 Å². The molecule has 0 fully saturated rings. The van der Waals surface area contributed by atoms with Gasteiger partial charge in [-0.1, -0.05) is 6.08 Å². The van der Waals surface area contributed by atoms with Crippen molar-refractivity contribution in [3.63, 3.8) is 0 Å². The number of amides is 1. The van der Waals surface area contributed by atoms with Crippen LogP contribution in [0.5, 0.6) is 11.5 Å². The standard InChI is InChI=1S/C18H21N3O4/c1-11(17(22)13-5-6-15-16(8-13)25-10-24-15)20-12(2)21-18(23)14-4-3-7-19-9-14/h3,5-9,11-12,19-20H,4,10H2,1-2H3,(H,21,23). The Morgan fingerprint density at radius 2 is 2.00 bits per heavy atom. The molecule has 7 heteroatoms. The molecule has 0 bridgehead atoms. The number of carbonyl (C=O) groups excluding carboxylic acids is 2. The van der Waals surface area contributed by atoms with E-state index in [1.54, 1.807) is 44.4 Å². The maximum Gasteiger partial charge on any atom is 0.250 e. The van der Waals surface area contributed by atoms with Crippen molar-refractivity contribution in [1.29, 1.82) is 0 Å². The molecule has 0 spiro atoms. The maximum atomic E-state index is 12.6. The van der Waals surface area contributed by atoms with Gasteiger partial charge in [-0.15, -0.1) is 0 Å². The second kappa shape index (κ2) is 7.40. The van der Waals surface area contributed by atoms with E-state index in [0.717, 1.165) is 0 Å². The molecule has 2 atom stereocenters. The van der Waals surface area contributed by atoms with Crippen LogP contribution in [-0.2, 0) is 4.79 Å². The number of Topliss-reactive ketones (excluding diaryl/α,β-unsaturated/α-hetero) is 1. The molecule has 0 aliphatic carbocycles. The Kier molecular flexibility index (Phi) is 5.04. The van der Waals surface area contributed by atoms with E-state index in [4.69, 9.17) is 9.47 Å². The van der Waals surface area contributed by atoms with Gasteiger partial charge in [-0.3, -0.25) is 14.9 Å². The number of carbonyl (C=O) groups is 2. The van der Waals surface area contributed by atoms with Crippen LogP contribution >= 0.6 is 0 Å². The first-order chi connectivity index (χ1) is 12.0. The quantitative estimate of drug-likeness (QED) is 0.535. The van der Waals surface area contributed by atoms with Crippen LogP contribution in [0.1, 0.15) is 30.6 Å². The topological polar surface area (TPSA) is 88.7 Å². The second-order valence-electron chi connectivity index (χ2n) is 5.96. The average molecular weight is 343 g/mol. The summed E-state index contributed by atoms with van der Waals surface area (Å²) in [6, 6.07) is 4.65. The fourth-order valence-corrected chi connectivity index (χ4v) is 2.70. The summed E-state index contributed by atoms with van der Waals surface area (Å²) in [4.78, 5) is 24.7. The van der Waals surface area contributed by atoms with Gasteiger partial charge in [0, 0.05) is 17.3 Å². The third-order valence-electron chi connectivity index (χ3n) is 4.00. The summed E-state index contributed by atoms with van der Waals surface area (Å²) in [5, 5.41) is 8.83.